The third-order valence-corrected chi connectivity index (χ3v) is 3.88. The molecule has 0 aromatic heterocycles. The first-order chi connectivity index (χ1) is 8.84. The molecule has 19 heavy (non-hydrogen) atoms. The van der Waals surface area contributed by atoms with Crippen molar-refractivity contribution in [3.8, 4) is 5.75 Å². The van der Waals surface area contributed by atoms with E-state index >= 15 is 0 Å². The van der Waals surface area contributed by atoms with E-state index in [-0.39, 0.29) is 11.2 Å². The highest BCUT2D eigenvalue weighted by Gasteiger charge is 2.29. The topological polar surface area (TPSA) is 26.3 Å². The molecule has 0 radical (unpaired) electrons. The van der Waals surface area contributed by atoms with Gasteiger partial charge in [0.2, 0.25) is 0 Å². The summed E-state index contributed by atoms with van der Waals surface area (Å²) in [7, 11) is 1.70. The van der Waals surface area contributed by atoms with Gasteiger partial charge in [-0.25, -0.2) is 0 Å². The molecule has 0 unspecified atom stereocenters. The van der Waals surface area contributed by atoms with Gasteiger partial charge in [-0.05, 0) is 48.5 Å². The van der Waals surface area contributed by atoms with Gasteiger partial charge in [-0.2, -0.15) is 0 Å². The van der Waals surface area contributed by atoms with Crippen LogP contribution >= 0.6 is 0 Å². The molecule has 0 saturated carbocycles. The number of benzene rings is 1. The smallest absolute Gasteiger partial charge is 0.156 e. The molecular weight excluding hydrogens is 236 g/mol. The normalized spacial score (nSPS) is 18.2. The molecule has 0 atom stereocenters. The van der Waals surface area contributed by atoms with E-state index in [4.69, 9.17) is 4.74 Å². The standard InChI is InChI=1S/C17H22O2/c1-11-6-7-15(16(19-5)12(11)2)13-8-14(18)10-17(3,4)9-13/h6-8H,9-10H2,1-5H3. The lowest BCUT2D eigenvalue weighted by atomic mass is 9.75. The van der Waals surface area contributed by atoms with Crippen molar-refractivity contribution in [1.82, 2.24) is 0 Å². The summed E-state index contributed by atoms with van der Waals surface area (Å²) in [5.74, 6) is 1.11. The molecule has 102 valence electrons. The zero-order valence-electron chi connectivity index (χ0n) is 12.5. The van der Waals surface area contributed by atoms with Crippen molar-refractivity contribution in [1.29, 1.82) is 0 Å². The van der Waals surface area contributed by atoms with Gasteiger partial charge in [0.05, 0.1) is 7.11 Å². The molecule has 0 amide bonds. The van der Waals surface area contributed by atoms with Crippen molar-refractivity contribution >= 4 is 11.4 Å². The van der Waals surface area contributed by atoms with Crippen molar-refractivity contribution in [3.05, 3.63) is 34.9 Å². The first-order valence-electron chi connectivity index (χ1n) is 6.72. The number of hydrogen-bond acceptors (Lipinski definition) is 2. The Kier molecular flexibility index (Phi) is 3.53. The average molecular weight is 258 g/mol. The van der Waals surface area contributed by atoms with Crippen molar-refractivity contribution in [2.45, 2.75) is 40.5 Å². The maximum Gasteiger partial charge on any atom is 0.156 e. The Morgan fingerprint density at radius 1 is 1.16 bits per heavy atom. The van der Waals surface area contributed by atoms with Crippen LogP contribution in [0.3, 0.4) is 0 Å². The number of rotatable bonds is 2. The number of methoxy groups -OCH3 is 1. The van der Waals surface area contributed by atoms with Gasteiger partial charge in [0, 0.05) is 12.0 Å². The molecule has 0 bridgehead atoms. The fraction of sp³-hybridized carbons (Fsp3) is 0.471. The quantitative estimate of drug-likeness (QED) is 0.798. The summed E-state index contributed by atoms with van der Waals surface area (Å²) in [5.41, 5.74) is 4.55. The van der Waals surface area contributed by atoms with Crippen LogP contribution in [0.4, 0.5) is 0 Å². The van der Waals surface area contributed by atoms with Gasteiger partial charge < -0.3 is 4.74 Å². The van der Waals surface area contributed by atoms with Gasteiger partial charge >= 0.3 is 0 Å². The van der Waals surface area contributed by atoms with E-state index in [0.717, 1.165) is 28.9 Å². The van der Waals surface area contributed by atoms with E-state index in [1.807, 2.05) is 0 Å². The highest BCUT2D eigenvalue weighted by molar-refractivity contribution is 5.99. The van der Waals surface area contributed by atoms with Crippen LogP contribution < -0.4 is 4.74 Å². The van der Waals surface area contributed by atoms with Crippen LogP contribution in [0.5, 0.6) is 5.75 Å². The zero-order chi connectivity index (χ0) is 14.2. The van der Waals surface area contributed by atoms with E-state index in [0.29, 0.717) is 6.42 Å². The summed E-state index contributed by atoms with van der Waals surface area (Å²) in [6, 6.07) is 4.17. The Balaban J connectivity index is 2.53. The summed E-state index contributed by atoms with van der Waals surface area (Å²) >= 11 is 0. The molecule has 1 aromatic rings. The Morgan fingerprint density at radius 2 is 1.84 bits per heavy atom. The lowest BCUT2D eigenvalue weighted by Crippen LogP contribution is -2.21. The third kappa shape index (κ3) is 2.73. The van der Waals surface area contributed by atoms with Crippen LogP contribution in [0.2, 0.25) is 0 Å². The second-order valence-electron chi connectivity index (χ2n) is 6.24. The lowest BCUT2D eigenvalue weighted by Gasteiger charge is -2.29. The average Bonchev–Trinajstić information content (AvgIpc) is 2.29. The minimum absolute atomic E-state index is 0.0327. The van der Waals surface area contributed by atoms with Gasteiger partial charge in [0.25, 0.3) is 0 Å². The molecular formula is C17H22O2. The predicted molar refractivity (Wildman–Crippen MR) is 78.5 cm³/mol. The number of ketones is 1. The number of hydrogen-bond donors (Lipinski definition) is 0. The van der Waals surface area contributed by atoms with Gasteiger partial charge in [-0.15, -0.1) is 0 Å². The Hall–Kier alpha value is -1.57. The van der Waals surface area contributed by atoms with Gasteiger partial charge in [0.15, 0.2) is 5.78 Å². The first kappa shape index (κ1) is 13.9. The van der Waals surface area contributed by atoms with E-state index in [9.17, 15) is 4.79 Å². The first-order valence-corrected chi connectivity index (χ1v) is 6.72. The minimum atomic E-state index is 0.0327. The lowest BCUT2D eigenvalue weighted by molar-refractivity contribution is -0.116. The summed E-state index contributed by atoms with van der Waals surface area (Å²) in [4.78, 5) is 11.9. The number of allylic oxidation sites excluding steroid dienone is 2. The van der Waals surface area contributed by atoms with Crippen molar-refractivity contribution in [2.24, 2.45) is 5.41 Å². The molecule has 0 saturated heterocycles. The van der Waals surface area contributed by atoms with Crippen LogP contribution in [0.1, 0.15) is 43.4 Å². The monoisotopic (exact) mass is 258 g/mol. The highest BCUT2D eigenvalue weighted by Crippen LogP contribution is 2.41. The molecule has 1 aliphatic rings. The summed E-state index contributed by atoms with van der Waals surface area (Å²) in [6.07, 6.45) is 3.33. The summed E-state index contributed by atoms with van der Waals surface area (Å²) in [5, 5.41) is 0. The number of carbonyl (C=O) groups excluding carboxylic acids is 1. The highest BCUT2D eigenvalue weighted by atomic mass is 16.5. The van der Waals surface area contributed by atoms with Crippen molar-refractivity contribution in [3.63, 3.8) is 0 Å². The molecule has 0 spiro atoms. The van der Waals surface area contributed by atoms with E-state index in [2.05, 4.69) is 39.8 Å². The maximum atomic E-state index is 11.9. The van der Waals surface area contributed by atoms with Crippen LogP contribution in [0.15, 0.2) is 18.2 Å². The SMILES string of the molecule is COc1c(C2=CC(=O)CC(C)(C)C2)ccc(C)c1C. The fourth-order valence-electron chi connectivity index (χ4n) is 2.83. The molecule has 0 aliphatic heterocycles. The molecule has 0 heterocycles. The van der Waals surface area contributed by atoms with Crippen LogP contribution in [-0.4, -0.2) is 12.9 Å². The molecule has 0 fully saturated rings. The minimum Gasteiger partial charge on any atom is -0.496 e. The molecule has 1 aromatic carbocycles. The molecule has 2 nitrogen and oxygen atoms in total. The Labute approximate surface area is 115 Å². The molecule has 0 N–H and O–H groups in total. The second kappa shape index (κ2) is 4.84. The third-order valence-electron chi connectivity index (χ3n) is 3.88. The van der Waals surface area contributed by atoms with Gasteiger partial charge in [0.1, 0.15) is 5.75 Å². The number of aryl methyl sites for hydroxylation is 1. The van der Waals surface area contributed by atoms with E-state index in [1.54, 1.807) is 13.2 Å². The Morgan fingerprint density at radius 3 is 2.42 bits per heavy atom. The van der Waals surface area contributed by atoms with Crippen LogP contribution in [0.25, 0.3) is 5.57 Å². The summed E-state index contributed by atoms with van der Waals surface area (Å²) in [6.45, 7) is 8.43. The predicted octanol–water partition coefficient (Wildman–Crippen LogP) is 4.08. The Bertz CT molecular complexity index is 551. The van der Waals surface area contributed by atoms with Crippen molar-refractivity contribution in [2.75, 3.05) is 7.11 Å². The fourth-order valence-corrected chi connectivity index (χ4v) is 2.83. The zero-order valence-corrected chi connectivity index (χ0v) is 12.5. The number of ether oxygens (including phenoxy) is 1. The second-order valence-corrected chi connectivity index (χ2v) is 6.24. The van der Waals surface area contributed by atoms with E-state index in [1.165, 1.54) is 5.56 Å². The molecule has 2 heteroatoms. The van der Waals surface area contributed by atoms with Crippen LogP contribution in [0, 0.1) is 19.3 Å². The largest absolute Gasteiger partial charge is 0.496 e. The van der Waals surface area contributed by atoms with Crippen molar-refractivity contribution < 1.29 is 9.53 Å². The summed E-state index contributed by atoms with van der Waals surface area (Å²) < 4.78 is 5.56. The van der Waals surface area contributed by atoms with Gasteiger partial charge in [-0.3, -0.25) is 4.79 Å². The van der Waals surface area contributed by atoms with Gasteiger partial charge in [-0.1, -0.05) is 26.0 Å². The maximum absolute atomic E-state index is 11.9. The number of carbonyl (C=O) groups is 1. The van der Waals surface area contributed by atoms with Crippen LogP contribution in [-0.2, 0) is 4.79 Å². The van der Waals surface area contributed by atoms with E-state index < -0.39 is 0 Å². The molecule has 2 rings (SSSR count). The molecule has 1 aliphatic carbocycles.